The zero-order valence-electron chi connectivity index (χ0n) is 12.3. The van der Waals surface area contributed by atoms with Gasteiger partial charge in [-0.3, -0.25) is 4.79 Å². The molecule has 4 atom stereocenters. The highest BCUT2D eigenvalue weighted by atomic mass is 32.2. The first-order valence-corrected chi connectivity index (χ1v) is 8.12. The number of allylic oxidation sites excluding steroid dienone is 2. The summed E-state index contributed by atoms with van der Waals surface area (Å²) in [6.07, 6.45) is 4.78. The van der Waals surface area contributed by atoms with Gasteiger partial charge in [-0.15, -0.1) is 11.8 Å². The summed E-state index contributed by atoms with van der Waals surface area (Å²) in [7, 11) is 3.28. The van der Waals surface area contributed by atoms with E-state index in [1.54, 1.807) is 26.0 Å². The fourth-order valence-corrected chi connectivity index (χ4v) is 4.67. The molecule has 112 valence electrons. The number of hydrogen-bond donors (Lipinski definition) is 0. The lowest BCUT2D eigenvalue weighted by atomic mass is 9.76. The highest BCUT2D eigenvalue weighted by Gasteiger charge is 2.49. The SMILES string of the molecule is COC(OC)[C@H]1[C@@H]2C=C[C@H]1C(=O)C(Sc1ccccc1)C2. The second kappa shape index (κ2) is 6.34. The van der Waals surface area contributed by atoms with Crippen LogP contribution in [-0.4, -0.2) is 31.5 Å². The number of hydrogen-bond acceptors (Lipinski definition) is 4. The quantitative estimate of drug-likeness (QED) is 0.618. The van der Waals surface area contributed by atoms with Crippen molar-refractivity contribution in [2.24, 2.45) is 17.8 Å². The highest BCUT2D eigenvalue weighted by molar-refractivity contribution is 8.00. The van der Waals surface area contributed by atoms with E-state index in [0.717, 1.165) is 11.3 Å². The van der Waals surface area contributed by atoms with E-state index in [4.69, 9.17) is 9.47 Å². The van der Waals surface area contributed by atoms with Gasteiger partial charge in [0.25, 0.3) is 0 Å². The lowest BCUT2D eigenvalue weighted by molar-refractivity contribution is -0.163. The summed E-state index contributed by atoms with van der Waals surface area (Å²) in [6, 6.07) is 10.1. The number of fused-ring (bicyclic) bond motifs is 2. The maximum atomic E-state index is 12.8. The van der Waals surface area contributed by atoms with Gasteiger partial charge < -0.3 is 9.47 Å². The van der Waals surface area contributed by atoms with E-state index >= 15 is 0 Å². The van der Waals surface area contributed by atoms with Gasteiger partial charge in [0.2, 0.25) is 0 Å². The Morgan fingerprint density at radius 2 is 1.86 bits per heavy atom. The van der Waals surface area contributed by atoms with Crippen LogP contribution < -0.4 is 0 Å². The zero-order valence-corrected chi connectivity index (χ0v) is 13.1. The molecule has 0 spiro atoms. The van der Waals surface area contributed by atoms with Gasteiger partial charge in [-0.05, 0) is 24.5 Å². The average molecular weight is 304 g/mol. The fourth-order valence-electron chi connectivity index (χ4n) is 3.43. The third kappa shape index (κ3) is 2.80. The normalized spacial score (nSPS) is 31.1. The highest BCUT2D eigenvalue weighted by Crippen LogP contribution is 2.47. The number of thioether (sulfide) groups is 1. The minimum Gasteiger partial charge on any atom is -0.356 e. The zero-order chi connectivity index (χ0) is 14.8. The van der Waals surface area contributed by atoms with Gasteiger partial charge in [0, 0.05) is 31.0 Å². The van der Waals surface area contributed by atoms with Crippen molar-refractivity contribution in [3.05, 3.63) is 42.5 Å². The largest absolute Gasteiger partial charge is 0.356 e. The van der Waals surface area contributed by atoms with Crippen LogP contribution in [0, 0.1) is 17.8 Å². The molecule has 0 heterocycles. The van der Waals surface area contributed by atoms with Crippen LogP contribution in [0.25, 0.3) is 0 Å². The van der Waals surface area contributed by atoms with Crippen molar-refractivity contribution in [3.8, 4) is 0 Å². The molecular formula is C17H20O3S. The van der Waals surface area contributed by atoms with Crippen molar-refractivity contribution in [1.29, 1.82) is 0 Å². The third-order valence-corrected chi connectivity index (χ3v) is 5.66. The first-order chi connectivity index (χ1) is 10.2. The van der Waals surface area contributed by atoms with Gasteiger partial charge in [-0.2, -0.15) is 0 Å². The number of methoxy groups -OCH3 is 2. The topological polar surface area (TPSA) is 35.5 Å². The number of ketones is 1. The van der Waals surface area contributed by atoms with Gasteiger partial charge in [0.15, 0.2) is 12.1 Å². The second-order valence-corrected chi connectivity index (χ2v) is 6.83. The molecule has 2 aliphatic carbocycles. The summed E-state index contributed by atoms with van der Waals surface area (Å²) in [5.74, 6) is 0.715. The number of Topliss-reactive ketones (excluding diaryl/α,β-unsaturated/α-hetero) is 1. The van der Waals surface area contributed by atoms with E-state index in [9.17, 15) is 4.79 Å². The van der Waals surface area contributed by atoms with Crippen LogP contribution in [0.2, 0.25) is 0 Å². The first kappa shape index (κ1) is 14.8. The molecule has 1 saturated carbocycles. The molecule has 3 nitrogen and oxygen atoms in total. The molecule has 3 rings (SSSR count). The Hall–Kier alpha value is -1.10. The molecule has 0 aromatic heterocycles. The molecule has 2 aliphatic rings. The van der Waals surface area contributed by atoms with Crippen LogP contribution in [0.5, 0.6) is 0 Å². The molecule has 0 aliphatic heterocycles. The molecule has 0 radical (unpaired) electrons. The molecule has 1 unspecified atom stereocenters. The maximum Gasteiger partial charge on any atom is 0.161 e. The monoisotopic (exact) mass is 304 g/mol. The second-order valence-electron chi connectivity index (χ2n) is 5.55. The lowest BCUT2D eigenvalue weighted by Crippen LogP contribution is -2.44. The molecule has 21 heavy (non-hydrogen) atoms. The van der Waals surface area contributed by atoms with Crippen LogP contribution in [0.1, 0.15) is 6.42 Å². The van der Waals surface area contributed by atoms with Crippen LogP contribution >= 0.6 is 11.8 Å². The van der Waals surface area contributed by atoms with Crippen molar-refractivity contribution in [2.45, 2.75) is 22.9 Å². The van der Waals surface area contributed by atoms with Gasteiger partial charge >= 0.3 is 0 Å². The minimum atomic E-state index is -0.304. The van der Waals surface area contributed by atoms with Gasteiger partial charge in [-0.1, -0.05) is 30.4 Å². The van der Waals surface area contributed by atoms with Crippen LogP contribution in [0.4, 0.5) is 0 Å². The van der Waals surface area contributed by atoms with E-state index in [0.29, 0.717) is 11.7 Å². The standard InChI is InChI=1S/C17H20O3S/c1-19-17(20-2)15-11-8-9-13(15)16(18)14(10-11)21-12-6-4-3-5-7-12/h3-9,11,13-15,17H,10H2,1-2H3/t11-,13-,14?,15+/m1/s1. The number of ether oxygens (including phenoxy) is 2. The predicted octanol–water partition coefficient (Wildman–Crippen LogP) is 3.16. The van der Waals surface area contributed by atoms with E-state index in [-0.39, 0.29) is 23.4 Å². The van der Waals surface area contributed by atoms with Crippen molar-refractivity contribution in [3.63, 3.8) is 0 Å². The summed E-state index contributed by atoms with van der Waals surface area (Å²) in [4.78, 5) is 13.9. The predicted molar refractivity (Wildman–Crippen MR) is 83.1 cm³/mol. The molecule has 0 amide bonds. The Bertz CT molecular complexity index is 524. The smallest absolute Gasteiger partial charge is 0.161 e. The van der Waals surface area contributed by atoms with E-state index < -0.39 is 0 Å². The van der Waals surface area contributed by atoms with Crippen molar-refractivity contribution < 1.29 is 14.3 Å². The Kier molecular flexibility index (Phi) is 4.48. The first-order valence-electron chi connectivity index (χ1n) is 7.24. The summed E-state index contributed by atoms with van der Waals surface area (Å²) in [6.45, 7) is 0. The van der Waals surface area contributed by atoms with Crippen molar-refractivity contribution in [2.75, 3.05) is 14.2 Å². The van der Waals surface area contributed by atoms with Crippen LogP contribution in [0.3, 0.4) is 0 Å². The van der Waals surface area contributed by atoms with Crippen LogP contribution in [-0.2, 0) is 14.3 Å². The van der Waals surface area contributed by atoms with E-state index in [1.165, 1.54) is 0 Å². The summed E-state index contributed by atoms with van der Waals surface area (Å²) >= 11 is 1.68. The Morgan fingerprint density at radius 1 is 1.14 bits per heavy atom. The number of rotatable bonds is 5. The molecule has 0 saturated heterocycles. The minimum absolute atomic E-state index is 0.0306. The van der Waals surface area contributed by atoms with Gasteiger partial charge in [-0.25, -0.2) is 0 Å². The molecule has 4 heteroatoms. The van der Waals surface area contributed by atoms with Gasteiger partial charge in [0.1, 0.15) is 0 Å². The number of benzene rings is 1. The van der Waals surface area contributed by atoms with E-state index in [1.807, 2.05) is 24.3 Å². The summed E-state index contributed by atoms with van der Waals surface area (Å²) < 4.78 is 10.8. The van der Waals surface area contributed by atoms with Crippen molar-refractivity contribution >= 4 is 17.5 Å². The molecule has 1 aromatic rings. The van der Waals surface area contributed by atoms with Crippen LogP contribution in [0.15, 0.2) is 47.4 Å². The van der Waals surface area contributed by atoms with Crippen molar-refractivity contribution in [1.82, 2.24) is 0 Å². The summed E-state index contributed by atoms with van der Waals surface area (Å²) in [5.41, 5.74) is 0. The molecule has 0 N–H and O–H groups in total. The molecule has 2 bridgehead atoms. The Morgan fingerprint density at radius 3 is 2.52 bits per heavy atom. The fraction of sp³-hybridized carbons (Fsp3) is 0.471. The molecule has 1 aromatic carbocycles. The average Bonchev–Trinajstić information content (AvgIpc) is 2.84. The van der Waals surface area contributed by atoms with Gasteiger partial charge in [0.05, 0.1) is 5.25 Å². The Balaban J connectivity index is 1.75. The molecular weight excluding hydrogens is 284 g/mol. The molecule has 1 fully saturated rings. The maximum absolute atomic E-state index is 12.8. The lowest BCUT2D eigenvalue weighted by Gasteiger charge is -2.37. The number of carbonyl (C=O) groups excluding carboxylic acids is 1. The van der Waals surface area contributed by atoms with E-state index in [2.05, 4.69) is 18.2 Å². The third-order valence-electron chi connectivity index (χ3n) is 4.41. The Labute approximate surface area is 129 Å². The summed E-state index contributed by atoms with van der Waals surface area (Å²) in [5, 5.41) is 0.0306. The number of carbonyl (C=O) groups is 1.